The van der Waals surface area contributed by atoms with E-state index in [0.29, 0.717) is 0 Å². The van der Waals surface area contributed by atoms with Crippen LogP contribution in [0.25, 0.3) is 0 Å². The van der Waals surface area contributed by atoms with Crippen LogP contribution in [0.4, 0.5) is 17.3 Å². The van der Waals surface area contributed by atoms with Crippen molar-refractivity contribution in [3.05, 3.63) is 141 Å². The number of allylic oxidation sites excluding steroid dienone is 1. The fourth-order valence-electron chi connectivity index (χ4n) is 3.50. The second-order valence-electron chi connectivity index (χ2n) is 8.01. The largest absolute Gasteiger partial charge is 2.00 e. The van der Waals surface area contributed by atoms with Crippen LogP contribution >= 0.6 is 15.8 Å². The van der Waals surface area contributed by atoms with Crippen molar-refractivity contribution in [2.24, 2.45) is 11.5 Å². The Labute approximate surface area is 258 Å². The molecule has 0 amide bonds. The molecule has 4 aromatic rings. The third kappa shape index (κ3) is 18.1. The maximum Gasteiger partial charge on any atom is 2.00 e. The van der Waals surface area contributed by atoms with Gasteiger partial charge in [0.25, 0.3) is 0 Å². The summed E-state index contributed by atoms with van der Waals surface area (Å²) < 4.78 is 39.0. The molecule has 0 aromatic heterocycles. The van der Waals surface area contributed by atoms with Gasteiger partial charge in [0, 0.05) is 0 Å². The average molecular weight is 687 g/mol. The minimum absolute atomic E-state index is 0. The molecule has 0 aliphatic carbocycles. The Morgan fingerprint density at radius 3 is 0.854 bits per heavy atom. The topological polar surface area (TPSA) is 52.0 Å². The minimum Gasteiger partial charge on any atom is -0.418 e. The molecule has 0 atom stereocenters. The van der Waals surface area contributed by atoms with Gasteiger partial charge in [-0.15, -0.1) is 6.58 Å². The first-order chi connectivity index (χ1) is 19.2. The van der Waals surface area contributed by atoms with Crippen LogP contribution in [-0.4, -0.2) is 32.7 Å². The molecule has 41 heavy (non-hydrogen) atoms. The Balaban J connectivity index is 0.000000609. The molecule has 0 heterocycles. The molecule has 4 aromatic carbocycles. The minimum atomic E-state index is -6.00. The van der Waals surface area contributed by atoms with Gasteiger partial charge in [0.05, 0.1) is 0 Å². The van der Waals surface area contributed by atoms with Gasteiger partial charge in [-0.1, -0.05) is 127 Å². The maximum atomic E-state index is 9.75. The molecule has 0 fully saturated rings. The van der Waals surface area contributed by atoms with Gasteiger partial charge in [0.2, 0.25) is 0 Å². The number of halogens is 4. The summed E-state index contributed by atoms with van der Waals surface area (Å²) in [5.41, 5.74) is 11.4. The van der Waals surface area contributed by atoms with Gasteiger partial charge in [-0.2, -0.15) is 0 Å². The van der Waals surface area contributed by atoms with E-state index in [1.807, 2.05) is 0 Å². The van der Waals surface area contributed by atoms with Gasteiger partial charge in [0.1, 0.15) is 0 Å². The van der Waals surface area contributed by atoms with E-state index in [1.54, 1.807) is 0 Å². The van der Waals surface area contributed by atoms with Crippen molar-refractivity contribution < 1.29 is 36.7 Å². The first-order valence-electron chi connectivity index (χ1n) is 12.7. The zero-order valence-electron chi connectivity index (χ0n) is 22.9. The van der Waals surface area contributed by atoms with Gasteiger partial charge in [-0.05, 0) is 69.4 Å². The van der Waals surface area contributed by atoms with Crippen molar-refractivity contribution in [2.75, 3.05) is 25.4 Å². The number of nitrogens with two attached hydrogens (primary N) is 2. The van der Waals surface area contributed by atoms with E-state index in [-0.39, 0.29) is 35.3 Å². The van der Waals surface area contributed by atoms with Crippen LogP contribution in [0.5, 0.6) is 0 Å². The number of hydrogen-bond acceptors (Lipinski definition) is 2. The zero-order chi connectivity index (χ0) is 29.6. The number of rotatable bonds is 8. The second kappa shape index (κ2) is 23.4. The average Bonchev–Trinajstić information content (AvgIpc) is 2.96. The Morgan fingerprint density at radius 1 is 0.537 bits per heavy atom. The maximum absolute atomic E-state index is 9.75. The summed E-state index contributed by atoms with van der Waals surface area (Å²) in [5, 5.41) is 5.64. The van der Waals surface area contributed by atoms with Crippen molar-refractivity contribution in [3.8, 4) is 0 Å². The molecule has 2 nitrogen and oxygen atoms in total. The van der Waals surface area contributed by atoms with Crippen LogP contribution in [0, 0.1) is 6.92 Å². The summed E-state index contributed by atoms with van der Waals surface area (Å²) in [6, 6.07) is 42.7. The predicted molar refractivity (Wildman–Crippen MR) is 172 cm³/mol. The van der Waals surface area contributed by atoms with E-state index in [0.717, 1.165) is 25.4 Å². The Bertz CT molecular complexity index is 990. The molecule has 219 valence electrons. The monoisotopic (exact) mass is 688 g/mol. The first kappa shape index (κ1) is 38.8. The quantitative estimate of drug-likeness (QED) is 0.127. The molecule has 1 radical (unpaired) electrons. The number of hydrogen-bond donors (Lipinski definition) is 2. The molecule has 4 rings (SSSR count). The van der Waals surface area contributed by atoms with Crippen molar-refractivity contribution in [3.63, 3.8) is 0 Å². The van der Waals surface area contributed by atoms with E-state index in [4.69, 9.17) is 11.5 Å². The molecule has 0 aliphatic rings. The molecule has 0 saturated heterocycles. The van der Waals surface area contributed by atoms with Crippen molar-refractivity contribution in [2.45, 2.75) is 0 Å². The van der Waals surface area contributed by atoms with Crippen LogP contribution in [0.3, 0.4) is 0 Å². The Kier molecular flexibility index (Phi) is 22.1. The molecule has 0 saturated carbocycles. The van der Waals surface area contributed by atoms with Crippen LogP contribution < -0.4 is 32.7 Å². The predicted octanol–water partition coefficient (Wildman–Crippen LogP) is 6.46. The number of benzene rings is 4. The summed E-state index contributed by atoms with van der Waals surface area (Å²) in [4.78, 5) is 0. The Hall–Kier alpha value is -2.19. The third-order valence-electron chi connectivity index (χ3n) is 4.98. The first-order valence-corrected chi connectivity index (χ1v) is 15.7. The summed E-state index contributed by atoms with van der Waals surface area (Å²) in [6.07, 6.45) is 3.62. The normalized spacial score (nSPS) is 10.1. The summed E-state index contributed by atoms with van der Waals surface area (Å²) in [6.45, 7) is 7.99. The standard InChI is InChI=1S/2C14H16NP.C3H5.BF4.Ru/c2*15-11-12-16(13-7-3-1-4-8-13)14-9-5-2-6-10-14;1-3-2;2-1(3,4)5;/h2*1-10H,11-12,15H2;3H,1-2H2;;/q;;;-1;+2. The summed E-state index contributed by atoms with van der Waals surface area (Å²) >= 11 is 0. The van der Waals surface area contributed by atoms with Gasteiger partial charge >= 0.3 is 26.7 Å². The molecule has 0 unspecified atom stereocenters. The van der Waals surface area contributed by atoms with Gasteiger partial charge in [-0.25, -0.2) is 0 Å². The summed E-state index contributed by atoms with van der Waals surface area (Å²) in [5.74, 6) is 0. The van der Waals surface area contributed by atoms with Crippen molar-refractivity contribution in [1.29, 1.82) is 0 Å². The van der Waals surface area contributed by atoms with Crippen molar-refractivity contribution >= 4 is 44.3 Å². The molecule has 10 heteroatoms. The van der Waals surface area contributed by atoms with Crippen LogP contribution in [-0.2, 0) is 19.5 Å². The van der Waals surface area contributed by atoms with E-state index in [1.165, 1.54) is 27.3 Å². The molecule has 4 N–H and O–H groups in total. The fourth-order valence-corrected chi connectivity index (χ4v) is 7.78. The van der Waals surface area contributed by atoms with Gasteiger partial charge < -0.3 is 28.7 Å². The van der Waals surface area contributed by atoms with Crippen LogP contribution in [0.15, 0.2) is 134 Å². The van der Waals surface area contributed by atoms with Gasteiger partial charge in [-0.3, -0.25) is 0 Å². The second-order valence-corrected chi connectivity index (χ2v) is 12.7. The van der Waals surface area contributed by atoms with E-state index in [9.17, 15) is 17.3 Å². The van der Waals surface area contributed by atoms with Gasteiger partial charge in [0.15, 0.2) is 0 Å². The van der Waals surface area contributed by atoms with Crippen LogP contribution in [0.2, 0.25) is 0 Å². The van der Waals surface area contributed by atoms with Crippen molar-refractivity contribution in [1.82, 2.24) is 0 Å². The smallest absolute Gasteiger partial charge is 0.418 e. The molecule has 0 bridgehead atoms. The molecular formula is C31H37BF4N2P2Ru+. The SMILES string of the molecule is F[B-](F)(F)F.NCCP(c1ccccc1)c1ccccc1.NCCP(c1ccccc1)c1ccccc1.[CH2]C=C.[Ru+2]. The zero-order valence-corrected chi connectivity index (χ0v) is 26.4. The Morgan fingerprint density at radius 2 is 0.707 bits per heavy atom. The van der Waals surface area contributed by atoms with E-state index < -0.39 is 7.25 Å². The molecule has 0 spiro atoms. The molecular weight excluding hydrogens is 650 g/mol. The fraction of sp³-hybridized carbons (Fsp3) is 0.129. The molecule has 0 aliphatic heterocycles. The van der Waals surface area contributed by atoms with E-state index in [2.05, 4.69) is 135 Å². The van der Waals surface area contributed by atoms with E-state index >= 15 is 0 Å². The third-order valence-corrected chi connectivity index (χ3v) is 10.1. The summed E-state index contributed by atoms with van der Waals surface area (Å²) in [7, 11) is -6.55. The van der Waals surface area contributed by atoms with Crippen LogP contribution in [0.1, 0.15) is 0 Å².